The molecule has 0 aliphatic rings. The maximum Gasteiger partial charge on any atom is 0.307 e. The van der Waals surface area contributed by atoms with Gasteiger partial charge in [-0.2, -0.15) is 4.39 Å². The van der Waals surface area contributed by atoms with Crippen LogP contribution in [-0.2, 0) is 11.2 Å². The molecule has 0 atom stereocenters. The van der Waals surface area contributed by atoms with Gasteiger partial charge in [0.2, 0.25) is 5.95 Å². The molecule has 0 fully saturated rings. The summed E-state index contributed by atoms with van der Waals surface area (Å²) in [5, 5.41) is 8.74. The van der Waals surface area contributed by atoms with E-state index in [1.807, 2.05) is 0 Å². The molecule has 0 unspecified atom stereocenters. The van der Waals surface area contributed by atoms with Crippen LogP contribution in [-0.4, -0.2) is 16.1 Å². The smallest absolute Gasteiger partial charge is 0.307 e. The Balaban J connectivity index is 2.61. The van der Waals surface area contributed by atoms with Gasteiger partial charge in [0.15, 0.2) is 11.6 Å². The van der Waals surface area contributed by atoms with E-state index >= 15 is 0 Å². The number of halogens is 3. The summed E-state index contributed by atoms with van der Waals surface area (Å²) in [7, 11) is 0. The molecule has 0 bridgehead atoms. The van der Waals surface area contributed by atoms with E-state index in [4.69, 9.17) is 5.11 Å². The van der Waals surface area contributed by atoms with E-state index < -0.39 is 30.0 Å². The first-order valence-corrected chi connectivity index (χ1v) is 5.29. The molecule has 19 heavy (non-hydrogen) atoms. The van der Waals surface area contributed by atoms with Crippen LogP contribution in [0, 0.1) is 17.6 Å². The first-order valence-electron chi connectivity index (χ1n) is 5.29. The summed E-state index contributed by atoms with van der Waals surface area (Å²) in [6.45, 7) is 0. The van der Waals surface area contributed by atoms with E-state index in [1.54, 1.807) is 0 Å². The van der Waals surface area contributed by atoms with Crippen LogP contribution in [0.1, 0.15) is 5.56 Å². The Morgan fingerprint density at radius 2 is 1.95 bits per heavy atom. The summed E-state index contributed by atoms with van der Waals surface area (Å²) in [4.78, 5) is 14.1. The molecule has 0 saturated heterocycles. The summed E-state index contributed by atoms with van der Waals surface area (Å²) in [5.74, 6) is -4.27. The molecule has 2 rings (SSSR count). The molecule has 0 aliphatic carbocycles. The van der Waals surface area contributed by atoms with Crippen molar-refractivity contribution in [2.24, 2.45) is 0 Å². The van der Waals surface area contributed by atoms with Crippen molar-refractivity contribution in [2.45, 2.75) is 6.42 Å². The van der Waals surface area contributed by atoms with Gasteiger partial charge in [-0.1, -0.05) is 12.1 Å². The molecular formula is C13H8F3NO2. The van der Waals surface area contributed by atoms with E-state index in [1.165, 1.54) is 12.1 Å². The van der Waals surface area contributed by atoms with Crippen molar-refractivity contribution in [1.82, 2.24) is 4.98 Å². The maximum absolute atomic E-state index is 13.7. The van der Waals surface area contributed by atoms with Crippen LogP contribution in [0.3, 0.4) is 0 Å². The fourth-order valence-corrected chi connectivity index (χ4v) is 1.73. The van der Waals surface area contributed by atoms with Gasteiger partial charge in [0.05, 0.1) is 6.42 Å². The summed E-state index contributed by atoms with van der Waals surface area (Å²) >= 11 is 0. The average molecular weight is 267 g/mol. The zero-order chi connectivity index (χ0) is 14.0. The van der Waals surface area contributed by atoms with E-state index in [9.17, 15) is 18.0 Å². The molecule has 98 valence electrons. The van der Waals surface area contributed by atoms with Crippen molar-refractivity contribution >= 4 is 5.97 Å². The Morgan fingerprint density at radius 3 is 2.63 bits per heavy atom. The number of aromatic nitrogens is 1. The first kappa shape index (κ1) is 13.1. The Hall–Kier alpha value is -2.37. The number of pyridine rings is 1. The minimum Gasteiger partial charge on any atom is -0.481 e. The number of hydrogen-bond acceptors (Lipinski definition) is 2. The SMILES string of the molecule is O=C(O)Cc1cc(F)ncc1-c1cccc(F)c1F. The van der Waals surface area contributed by atoms with E-state index in [-0.39, 0.29) is 16.7 Å². The molecule has 1 aromatic carbocycles. The molecule has 1 heterocycles. The highest BCUT2D eigenvalue weighted by Gasteiger charge is 2.16. The Labute approximate surface area is 106 Å². The Kier molecular flexibility index (Phi) is 3.50. The molecule has 1 N–H and O–H groups in total. The van der Waals surface area contributed by atoms with Gasteiger partial charge in [0, 0.05) is 17.3 Å². The summed E-state index contributed by atoms with van der Waals surface area (Å²) < 4.78 is 39.8. The number of hydrogen-bond donors (Lipinski definition) is 1. The number of aliphatic carboxylic acids is 1. The minimum absolute atomic E-state index is 0.0319. The third-order valence-electron chi connectivity index (χ3n) is 2.54. The van der Waals surface area contributed by atoms with Crippen LogP contribution in [0.4, 0.5) is 13.2 Å². The molecular weight excluding hydrogens is 259 g/mol. The lowest BCUT2D eigenvalue weighted by Crippen LogP contribution is -2.04. The van der Waals surface area contributed by atoms with Gasteiger partial charge in [0.1, 0.15) is 0 Å². The van der Waals surface area contributed by atoms with Crippen LogP contribution in [0.25, 0.3) is 11.1 Å². The fourth-order valence-electron chi connectivity index (χ4n) is 1.73. The minimum atomic E-state index is -1.20. The Morgan fingerprint density at radius 1 is 1.21 bits per heavy atom. The van der Waals surface area contributed by atoms with Crippen molar-refractivity contribution in [3.05, 3.63) is 53.6 Å². The largest absolute Gasteiger partial charge is 0.481 e. The molecule has 6 heteroatoms. The van der Waals surface area contributed by atoms with Gasteiger partial charge in [0.25, 0.3) is 0 Å². The molecule has 0 radical (unpaired) electrons. The first-order chi connectivity index (χ1) is 8.99. The van der Waals surface area contributed by atoms with Crippen molar-refractivity contribution in [3.63, 3.8) is 0 Å². The van der Waals surface area contributed by atoms with E-state index in [0.29, 0.717) is 0 Å². The average Bonchev–Trinajstić information content (AvgIpc) is 2.33. The molecule has 0 saturated carbocycles. The number of carboxylic acid groups (broad SMARTS) is 1. The van der Waals surface area contributed by atoms with Gasteiger partial charge in [-0.15, -0.1) is 0 Å². The molecule has 0 spiro atoms. The van der Waals surface area contributed by atoms with Crippen molar-refractivity contribution in [1.29, 1.82) is 0 Å². The predicted octanol–water partition coefficient (Wildman–Crippen LogP) is 2.79. The molecule has 0 aliphatic heterocycles. The highest BCUT2D eigenvalue weighted by atomic mass is 19.2. The van der Waals surface area contributed by atoms with Gasteiger partial charge < -0.3 is 5.11 Å². The number of rotatable bonds is 3. The van der Waals surface area contributed by atoms with Crippen LogP contribution >= 0.6 is 0 Å². The number of carboxylic acids is 1. The summed E-state index contributed by atoms with van der Waals surface area (Å²) in [6.07, 6.45) is 0.482. The molecule has 2 aromatic rings. The lowest BCUT2D eigenvalue weighted by atomic mass is 9.99. The molecule has 0 amide bonds. The monoisotopic (exact) mass is 267 g/mol. The van der Waals surface area contributed by atoms with E-state index in [2.05, 4.69) is 4.98 Å². The summed E-state index contributed by atoms with van der Waals surface area (Å²) in [5.41, 5.74) is -0.0611. The topological polar surface area (TPSA) is 50.2 Å². The second-order valence-corrected chi connectivity index (χ2v) is 3.84. The van der Waals surface area contributed by atoms with Gasteiger partial charge in [-0.3, -0.25) is 4.79 Å². The van der Waals surface area contributed by atoms with Crippen LogP contribution < -0.4 is 0 Å². The zero-order valence-electron chi connectivity index (χ0n) is 9.53. The van der Waals surface area contributed by atoms with Gasteiger partial charge in [-0.25, -0.2) is 13.8 Å². The highest BCUT2D eigenvalue weighted by Crippen LogP contribution is 2.27. The normalized spacial score (nSPS) is 10.5. The fraction of sp³-hybridized carbons (Fsp3) is 0.0769. The number of carbonyl (C=O) groups is 1. The number of benzene rings is 1. The van der Waals surface area contributed by atoms with Crippen LogP contribution in [0.2, 0.25) is 0 Å². The molecule has 3 nitrogen and oxygen atoms in total. The van der Waals surface area contributed by atoms with Gasteiger partial charge in [-0.05, 0) is 17.7 Å². The Bertz CT molecular complexity index is 644. The summed E-state index contributed by atoms with van der Waals surface area (Å²) in [6, 6.07) is 4.39. The van der Waals surface area contributed by atoms with Crippen LogP contribution in [0.15, 0.2) is 30.5 Å². The second kappa shape index (κ2) is 5.09. The van der Waals surface area contributed by atoms with Crippen molar-refractivity contribution in [3.8, 4) is 11.1 Å². The molecule has 1 aromatic heterocycles. The lowest BCUT2D eigenvalue weighted by Gasteiger charge is -2.09. The zero-order valence-corrected chi connectivity index (χ0v) is 9.53. The quantitative estimate of drug-likeness (QED) is 0.870. The van der Waals surface area contributed by atoms with Crippen molar-refractivity contribution in [2.75, 3.05) is 0 Å². The predicted molar refractivity (Wildman–Crippen MR) is 60.9 cm³/mol. The van der Waals surface area contributed by atoms with Crippen molar-refractivity contribution < 1.29 is 23.1 Å². The third kappa shape index (κ3) is 2.73. The third-order valence-corrected chi connectivity index (χ3v) is 2.54. The maximum atomic E-state index is 13.7. The lowest BCUT2D eigenvalue weighted by molar-refractivity contribution is -0.136. The second-order valence-electron chi connectivity index (χ2n) is 3.84. The van der Waals surface area contributed by atoms with Gasteiger partial charge >= 0.3 is 5.97 Å². The van der Waals surface area contributed by atoms with E-state index in [0.717, 1.165) is 18.3 Å². The highest BCUT2D eigenvalue weighted by molar-refractivity contribution is 5.76. The standard InChI is InChI=1S/C13H8F3NO2/c14-10-3-1-2-8(13(10)16)9-6-17-11(15)4-7(9)5-12(18)19/h1-4,6H,5H2,(H,18,19). The number of nitrogens with zero attached hydrogens (tertiary/aromatic N) is 1. The van der Waals surface area contributed by atoms with Crippen LogP contribution in [0.5, 0.6) is 0 Å².